The van der Waals surface area contributed by atoms with Gasteiger partial charge in [0.05, 0.1) is 23.2 Å². The zero-order valence-electron chi connectivity index (χ0n) is 13.8. The first-order valence-corrected chi connectivity index (χ1v) is 8.36. The summed E-state index contributed by atoms with van der Waals surface area (Å²) in [6, 6.07) is 12.4. The average molecular weight is 368 g/mol. The highest BCUT2D eigenvalue weighted by Gasteiger charge is 2.12. The molecule has 0 fully saturated rings. The zero-order chi connectivity index (χ0) is 18.1. The minimum absolute atomic E-state index is 0.342. The molecule has 0 unspecified atom stereocenters. The van der Waals surface area contributed by atoms with Crippen molar-refractivity contribution in [2.75, 3.05) is 11.9 Å². The molecule has 2 heterocycles. The number of nitrogens with one attached hydrogen (secondary N) is 1. The maximum atomic E-state index is 11.7. The molecule has 4 rings (SSSR count). The fourth-order valence-corrected chi connectivity index (χ4v) is 2.82. The summed E-state index contributed by atoms with van der Waals surface area (Å²) in [5.74, 6) is 0.209. The van der Waals surface area contributed by atoms with Crippen molar-refractivity contribution in [3.05, 3.63) is 59.4 Å². The molecule has 0 saturated carbocycles. The van der Waals surface area contributed by atoms with Crippen LogP contribution in [-0.2, 0) is 4.74 Å². The van der Waals surface area contributed by atoms with Crippen LogP contribution in [-0.4, -0.2) is 32.2 Å². The van der Waals surface area contributed by atoms with Gasteiger partial charge < -0.3 is 10.1 Å². The van der Waals surface area contributed by atoms with Gasteiger partial charge in [0.1, 0.15) is 6.33 Å². The van der Waals surface area contributed by atoms with Gasteiger partial charge in [-0.2, -0.15) is 0 Å². The molecule has 4 aromatic rings. The Morgan fingerprint density at radius 2 is 2.04 bits per heavy atom. The van der Waals surface area contributed by atoms with Gasteiger partial charge in [-0.3, -0.25) is 4.40 Å². The van der Waals surface area contributed by atoms with Gasteiger partial charge in [-0.05, 0) is 49.4 Å². The van der Waals surface area contributed by atoms with Crippen molar-refractivity contribution in [1.82, 2.24) is 19.6 Å². The van der Waals surface area contributed by atoms with E-state index >= 15 is 0 Å². The average Bonchev–Trinajstić information content (AvgIpc) is 3.13. The summed E-state index contributed by atoms with van der Waals surface area (Å²) in [6.07, 6.45) is 1.62. The van der Waals surface area contributed by atoms with Crippen LogP contribution in [0.4, 0.5) is 11.5 Å². The van der Waals surface area contributed by atoms with Crippen LogP contribution in [0.1, 0.15) is 17.3 Å². The number of hydrogen-bond acceptors (Lipinski definition) is 6. The fraction of sp³-hybridized carbons (Fsp3) is 0.111. The topological polar surface area (TPSA) is 81.4 Å². The summed E-state index contributed by atoms with van der Waals surface area (Å²) < 4.78 is 6.81. The Labute approximate surface area is 153 Å². The van der Waals surface area contributed by atoms with E-state index in [2.05, 4.69) is 20.5 Å². The number of fused-ring (bicyclic) bond motifs is 3. The van der Waals surface area contributed by atoms with E-state index in [1.165, 1.54) is 0 Å². The Kier molecular flexibility index (Phi) is 4.14. The van der Waals surface area contributed by atoms with Gasteiger partial charge >= 0.3 is 5.97 Å². The highest BCUT2D eigenvalue weighted by molar-refractivity contribution is 6.31. The quantitative estimate of drug-likeness (QED) is 0.552. The number of ether oxygens (including phenoxy) is 1. The second-order valence-electron chi connectivity index (χ2n) is 5.54. The number of aromatic nitrogens is 4. The standard InChI is InChI=1S/C18H14ClN5O2/c1-2-26-18(25)11-3-6-13(7-4-11)21-16-17-23-20-10-24(17)15-9-12(19)5-8-14(15)22-16/h3-10H,2H2,1H3,(H,21,22). The van der Waals surface area contributed by atoms with Crippen molar-refractivity contribution in [1.29, 1.82) is 0 Å². The summed E-state index contributed by atoms with van der Waals surface area (Å²) in [4.78, 5) is 16.4. The predicted molar refractivity (Wildman–Crippen MR) is 99.0 cm³/mol. The molecule has 2 aromatic heterocycles. The lowest BCUT2D eigenvalue weighted by Crippen LogP contribution is -2.04. The van der Waals surface area contributed by atoms with Gasteiger partial charge in [-0.25, -0.2) is 9.78 Å². The first-order chi connectivity index (χ1) is 12.7. The van der Waals surface area contributed by atoms with Gasteiger partial charge in [0.2, 0.25) is 5.65 Å². The molecule has 0 atom stereocenters. The summed E-state index contributed by atoms with van der Waals surface area (Å²) in [7, 11) is 0. The Balaban J connectivity index is 1.71. The van der Waals surface area contributed by atoms with Crippen LogP contribution in [0.2, 0.25) is 5.02 Å². The van der Waals surface area contributed by atoms with Crippen LogP contribution in [0.15, 0.2) is 48.8 Å². The van der Waals surface area contributed by atoms with Crippen molar-refractivity contribution in [2.24, 2.45) is 0 Å². The minimum atomic E-state index is -0.348. The van der Waals surface area contributed by atoms with Crippen molar-refractivity contribution < 1.29 is 9.53 Å². The molecular weight excluding hydrogens is 354 g/mol. The number of nitrogens with zero attached hydrogens (tertiary/aromatic N) is 4. The van der Waals surface area contributed by atoms with Crippen LogP contribution < -0.4 is 5.32 Å². The van der Waals surface area contributed by atoms with E-state index in [0.717, 1.165) is 16.7 Å². The lowest BCUT2D eigenvalue weighted by atomic mass is 10.2. The molecule has 7 nitrogen and oxygen atoms in total. The van der Waals surface area contributed by atoms with Crippen LogP contribution in [0.25, 0.3) is 16.7 Å². The third-order valence-electron chi connectivity index (χ3n) is 3.85. The number of anilines is 2. The maximum absolute atomic E-state index is 11.7. The molecule has 0 amide bonds. The van der Waals surface area contributed by atoms with E-state index in [0.29, 0.717) is 28.7 Å². The molecule has 0 spiro atoms. The molecule has 0 bridgehead atoms. The number of carbonyl (C=O) groups excluding carboxylic acids is 1. The molecule has 130 valence electrons. The SMILES string of the molecule is CCOC(=O)c1ccc(Nc2nc3ccc(Cl)cc3n3cnnc23)cc1. The Morgan fingerprint density at radius 1 is 1.23 bits per heavy atom. The number of halogens is 1. The first kappa shape index (κ1) is 16.3. The summed E-state index contributed by atoms with van der Waals surface area (Å²) in [5, 5.41) is 11.9. The fourth-order valence-electron chi connectivity index (χ4n) is 2.65. The summed E-state index contributed by atoms with van der Waals surface area (Å²) in [6.45, 7) is 2.12. The molecule has 0 saturated heterocycles. The minimum Gasteiger partial charge on any atom is -0.462 e. The number of carbonyl (C=O) groups is 1. The molecule has 0 radical (unpaired) electrons. The smallest absolute Gasteiger partial charge is 0.338 e. The van der Waals surface area contributed by atoms with Crippen molar-refractivity contribution in [3.63, 3.8) is 0 Å². The van der Waals surface area contributed by atoms with Gasteiger partial charge in [0, 0.05) is 10.7 Å². The number of rotatable bonds is 4. The maximum Gasteiger partial charge on any atom is 0.338 e. The van der Waals surface area contributed by atoms with Gasteiger partial charge in [0.25, 0.3) is 0 Å². The van der Waals surface area contributed by atoms with Crippen LogP contribution in [0.3, 0.4) is 0 Å². The second-order valence-corrected chi connectivity index (χ2v) is 5.98. The van der Waals surface area contributed by atoms with E-state index in [-0.39, 0.29) is 5.97 Å². The Bertz CT molecular complexity index is 1110. The monoisotopic (exact) mass is 367 g/mol. The normalized spacial score (nSPS) is 11.0. The van der Waals surface area contributed by atoms with Crippen molar-refractivity contribution in [3.8, 4) is 0 Å². The van der Waals surface area contributed by atoms with Crippen molar-refractivity contribution in [2.45, 2.75) is 6.92 Å². The number of hydrogen-bond donors (Lipinski definition) is 1. The van der Waals surface area contributed by atoms with E-state index in [1.54, 1.807) is 43.6 Å². The molecule has 0 aliphatic carbocycles. The Morgan fingerprint density at radius 3 is 2.81 bits per heavy atom. The van der Waals surface area contributed by atoms with Gasteiger partial charge in [-0.15, -0.1) is 10.2 Å². The van der Waals surface area contributed by atoms with E-state index in [1.807, 2.05) is 16.5 Å². The summed E-state index contributed by atoms with van der Waals surface area (Å²) >= 11 is 6.08. The molecule has 0 aliphatic rings. The molecule has 26 heavy (non-hydrogen) atoms. The summed E-state index contributed by atoms with van der Waals surface area (Å²) in [5.41, 5.74) is 3.41. The van der Waals surface area contributed by atoms with Crippen LogP contribution in [0.5, 0.6) is 0 Å². The Hall–Kier alpha value is -3.19. The van der Waals surface area contributed by atoms with E-state index < -0.39 is 0 Å². The highest BCUT2D eigenvalue weighted by Crippen LogP contribution is 2.25. The van der Waals surface area contributed by atoms with Crippen LogP contribution >= 0.6 is 11.6 Å². The van der Waals surface area contributed by atoms with Crippen LogP contribution in [0, 0.1) is 0 Å². The second kappa shape index (κ2) is 6.61. The van der Waals surface area contributed by atoms with E-state index in [9.17, 15) is 4.79 Å². The third kappa shape index (κ3) is 2.93. The van der Waals surface area contributed by atoms with Gasteiger partial charge in [-0.1, -0.05) is 11.6 Å². The zero-order valence-corrected chi connectivity index (χ0v) is 14.6. The number of benzene rings is 2. The van der Waals surface area contributed by atoms with E-state index in [4.69, 9.17) is 16.3 Å². The lowest BCUT2D eigenvalue weighted by molar-refractivity contribution is 0.0526. The highest BCUT2D eigenvalue weighted by atomic mass is 35.5. The molecule has 0 aliphatic heterocycles. The molecule has 2 aromatic carbocycles. The predicted octanol–water partition coefficient (Wildman–Crippen LogP) is 3.85. The van der Waals surface area contributed by atoms with Crippen molar-refractivity contribution >= 4 is 45.8 Å². The molecule has 8 heteroatoms. The first-order valence-electron chi connectivity index (χ1n) is 7.99. The molecular formula is C18H14ClN5O2. The third-order valence-corrected chi connectivity index (χ3v) is 4.08. The van der Waals surface area contributed by atoms with Gasteiger partial charge in [0.15, 0.2) is 5.82 Å². The molecule has 1 N–H and O–H groups in total. The lowest BCUT2D eigenvalue weighted by Gasteiger charge is -2.10. The largest absolute Gasteiger partial charge is 0.462 e. The number of esters is 1.